The molecule has 2 N–H and O–H groups in total. The number of benzene rings is 1. The van der Waals surface area contributed by atoms with Crippen molar-refractivity contribution in [2.24, 2.45) is 0 Å². The Morgan fingerprint density at radius 3 is 2.45 bits per heavy atom. The summed E-state index contributed by atoms with van der Waals surface area (Å²) in [7, 11) is 0. The topological polar surface area (TPSA) is 67.4 Å². The van der Waals surface area contributed by atoms with Gasteiger partial charge in [0.25, 0.3) is 0 Å². The standard InChI is InChI=1S/C16H19FN2O3/c1-9-6-14(15(20)22-9)19-16(21)18-13-7-11(8-13)10-2-4-12(17)5-3-10/h2-5,9,11,13-14H,6-8H2,1H3,(H2,18,19,21). The lowest BCUT2D eigenvalue weighted by atomic mass is 9.76. The third-order valence-electron chi connectivity index (χ3n) is 4.29. The number of hydrogen-bond acceptors (Lipinski definition) is 3. The van der Waals surface area contributed by atoms with Crippen molar-refractivity contribution in [3.8, 4) is 0 Å². The first-order valence-corrected chi connectivity index (χ1v) is 7.54. The van der Waals surface area contributed by atoms with Crippen LogP contribution in [0.4, 0.5) is 9.18 Å². The average Bonchev–Trinajstić information content (AvgIpc) is 2.73. The smallest absolute Gasteiger partial charge is 0.329 e. The number of esters is 1. The average molecular weight is 306 g/mol. The highest BCUT2D eigenvalue weighted by Gasteiger charge is 2.35. The first-order valence-electron chi connectivity index (χ1n) is 7.54. The molecule has 1 aliphatic carbocycles. The summed E-state index contributed by atoms with van der Waals surface area (Å²) in [4.78, 5) is 23.3. The highest BCUT2D eigenvalue weighted by atomic mass is 19.1. The molecule has 0 aromatic heterocycles. The SMILES string of the molecule is CC1CC(NC(=O)NC2CC(c3ccc(F)cc3)C2)C(=O)O1. The van der Waals surface area contributed by atoms with Crippen LogP contribution in [0.15, 0.2) is 24.3 Å². The van der Waals surface area contributed by atoms with Crippen LogP contribution in [0.1, 0.15) is 37.7 Å². The molecule has 2 unspecified atom stereocenters. The molecule has 2 atom stereocenters. The first kappa shape index (κ1) is 14.8. The molecular weight excluding hydrogens is 287 g/mol. The summed E-state index contributed by atoms with van der Waals surface area (Å²) in [5.74, 6) is -0.266. The third kappa shape index (κ3) is 3.21. The van der Waals surface area contributed by atoms with Crippen molar-refractivity contribution in [2.45, 2.75) is 50.3 Å². The largest absolute Gasteiger partial charge is 0.461 e. The van der Waals surface area contributed by atoms with Gasteiger partial charge in [0.1, 0.15) is 18.0 Å². The Bertz CT molecular complexity index is 569. The Kier molecular flexibility index (Phi) is 4.00. The Balaban J connectivity index is 1.43. The van der Waals surface area contributed by atoms with Crippen molar-refractivity contribution >= 4 is 12.0 Å². The van der Waals surface area contributed by atoms with Crippen LogP contribution in [-0.4, -0.2) is 30.2 Å². The van der Waals surface area contributed by atoms with E-state index in [9.17, 15) is 14.0 Å². The molecule has 2 amide bonds. The van der Waals surface area contributed by atoms with Gasteiger partial charge in [-0.25, -0.2) is 14.0 Å². The number of cyclic esters (lactones) is 1. The monoisotopic (exact) mass is 306 g/mol. The summed E-state index contributed by atoms with van der Waals surface area (Å²) < 4.78 is 17.9. The van der Waals surface area contributed by atoms with Gasteiger partial charge in [0.2, 0.25) is 0 Å². The summed E-state index contributed by atoms with van der Waals surface area (Å²) in [6.07, 6.45) is 2.01. The van der Waals surface area contributed by atoms with E-state index >= 15 is 0 Å². The number of halogens is 1. The molecule has 1 aromatic rings. The number of nitrogens with one attached hydrogen (secondary N) is 2. The molecule has 118 valence electrons. The minimum absolute atomic E-state index is 0.0879. The Morgan fingerprint density at radius 2 is 1.86 bits per heavy atom. The van der Waals surface area contributed by atoms with Gasteiger partial charge in [0.05, 0.1) is 0 Å². The van der Waals surface area contributed by atoms with E-state index in [1.807, 2.05) is 0 Å². The molecule has 3 rings (SSSR count). The zero-order chi connectivity index (χ0) is 15.7. The number of carbonyl (C=O) groups is 2. The lowest BCUT2D eigenvalue weighted by molar-refractivity contribution is -0.142. The summed E-state index contributed by atoms with van der Waals surface area (Å²) in [5.41, 5.74) is 1.09. The lowest BCUT2D eigenvalue weighted by Gasteiger charge is -2.36. The molecule has 0 radical (unpaired) electrons. The van der Waals surface area contributed by atoms with E-state index in [0.717, 1.165) is 18.4 Å². The van der Waals surface area contributed by atoms with Crippen molar-refractivity contribution in [2.75, 3.05) is 0 Å². The van der Waals surface area contributed by atoms with E-state index < -0.39 is 6.04 Å². The fraction of sp³-hybridized carbons (Fsp3) is 0.500. The van der Waals surface area contributed by atoms with E-state index in [2.05, 4.69) is 10.6 Å². The zero-order valence-electron chi connectivity index (χ0n) is 12.3. The third-order valence-corrected chi connectivity index (χ3v) is 4.29. The van der Waals surface area contributed by atoms with Gasteiger partial charge in [-0.05, 0) is 43.4 Å². The van der Waals surface area contributed by atoms with Gasteiger partial charge < -0.3 is 15.4 Å². The molecule has 5 nitrogen and oxygen atoms in total. The fourth-order valence-corrected chi connectivity index (χ4v) is 3.00. The van der Waals surface area contributed by atoms with Gasteiger partial charge in [0, 0.05) is 12.5 Å². The molecule has 0 spiro atoms. The van der Waals surface area contributed by atoms with Crippen LogP contribution in [0.25, 0.3) is 0 Å². The number of carbonyl (C=O) groups excluding carboxylic acids is 2. The van der Waals surface area contributed by atoms with Crippen molar-refractivity contribution in [1.82, 2.24) is 10.6 Å². The van der Waals surface area contributed by atoms with Gasteiger partial charge >= 0.3 is 12.0 Å². The van der Waals surface area contributed by atoms with Crippen LogP contribution in [-0.2, 0) is 9.53 Å². The van der Waals surface area contributed by atoms with Crippen LogP contribution in [0, 0.1) is 5.82 Å². The van der Waals surface area contributed by atoms with Crippen LogP contribution in [0.5, 0.6) is 0 Å². The number of hydrogen-bond donors (Lipinski definition) is 2. The normalized spacial score (nSPS) is 30.4. The molecule has 1 heterocycles. The number of rotatable bonds is 3. The van der Waals surface area contributed by atoms with E-state index in [-0.39, 0.29) is 30.0 Å². The van der Waals surface area contributed by atoms with Crippen LogP contribution >= 0.6 is 0 Å². The van der Waals surface area contributed by atoms with Gasteiger partial charge in [-0.2, -0.15) is 0 Å². The van der Waals surface area contributed by atoms with Gasteiger partial charge in [-0.3, -0.25) is 0 Å². The Labute approximate surface area is 128 Å². The Hall–Kier alpha value is -2.11. The van der Waals surface area contributed by atoms with Crippen LogP contribution in [0.3, 0.4) is 0 Å². The van der Waals surface area contributed by atoms with Crippen LogP contribution in [0.2, 0.25) is 0 Å². The second kappa shape index (κ2) is 5.94. The molecule has 6 heteroatoms. The maximum Gasteiger partial charge on any atom is 0.329 e. The minimum Gasteiger partial charge on any atom is -0.461 e. The van der Waals surface area contributed by atoms with E-state index in [0.29, 0.717) is 12.3 Å². The molecule has 2 fully saturated rings. The fourth-order valence-electron chi connectivity index (χ4n) is 3.00. The summed E-state index contributed by atoms with van der Waals surface area (Å²) in [5, 5.41) is 5.50. The maximum atomic E-state index is 12.9. The predicted octanol–water partition coefficient (Wildman–Crippen LogP) is 2.07. The molecule has 1 saturated carbocycles. The van der Waals surface area contributed by atoms with Crippen molar-refractivity contribution < 1.29 is 18.7 Å². The number of urea groups is 1. The summed E-state index contributed by atoms with van der Waals surface area (Å²) in [6.45, 7) is 1.80. The highest BCUT2D eigenvalue weighted by Crippen LogP contribution is 2.36. The molecule has 0 bridgehead atoms. The summed E-state index contributed by atoms with van der Waals surface area (Å²) in [6, 6.07) is 5.68. The minimum atomic E-state index is -0.553. The van der Waals surface area contributed by atoms with Crippen molar-refractivity contribution in [1.29, 1.82) is 0 Å². The Morgan fingerprint density at radius 1 is 1.18 bits per heavy atom. The van der Waals surface area contributed by atoms with Crippen molar-refractivity contribution in [3.05, 3.63) is 35.6 Å². The highest BCUT2D eigenvalue weighted by molar-refractivity contribution is 5.85. The molecule has 1 aromatic carbocycles. The van der Waals surface area contributed by atoms with Gasteiger partial charge in [0.15, 0.2) is 0 Å². The zero-order valence-corrected chi connectivity index (χ0v) is 12.3. The van der Waals surface area contributed by atoms with E-state index in [4.69, 9.17) is 4.74 Å². The van der Waals surface area contributed by atoms with Crippen molar-refractivity contribution in [3.63, 3.8) is 0 Å². The lowest BCUT2D eigenvalue weighted by Crippen LogP contribution is -2.51. The summed E-state index contributed by atoms with van der Waals surface area (Å²) >= 11 is 0. The number of ether oxygens (including phenoxy) is 1. The van der Waals surface area contributed by atoms with E-state index in [1.54, 1.807) is 19.1 Å². The van der Waals surface area contributed by atoms with Gasteiger partial charge in [-0.15, -0.1) is 0 Å². The predicted molar refractivity (Wildman–Crippen MR) is 77.8 cm³/mol. The number of amides is 2. The van der Waals surface area contributed by atoms with Crippen LogP contribution < -0.4 is 10.6 Å². The molecule has 22 heavy (non-hydrogen) atoms. The molecule has 1 aliphatic heterocycles. The van der Waals surface area contributed by atoms with E-state index in [1.165, 1.54) is 12.1 Å². The molecular formula is C16H19FN2O3. The second-order valence-electron chi connectivity index (χ2n) is 6.07. The quantitative estimate of drug-likeness (QED) is 0.840. The maximum absolute atomic E-state index is 12.9. The first-order chi connectivity index (χ1) is 10.5. The van der Waals surface area contributed by atoms with Gasteiger partial charge in [-0.1, -0.05) is 12.1 Å². The second-order valence-corrected chi connectivity index (χ2v) is 6.07. The molecule has 2 aliphatic rings. The molecule has 1 saturated heterocycles.